The van der Waals surface area contributed by atoms with E-state index in [9.17, 15) is 0 Å². The molecule has 0 saturated carbocycles. The van der Waals surface area contributed by atoms with Crippen molar-refractivity contribution in [2.75, 3.05) is 18.9 Å². The highest BCUT2D eigenvalue weighted by molar-refractivity contribution is 5.39. The van der Waals surface area contributed by atoms with Crippen molar-refractivity contribution in [3.05, 3.63) is 36.5 Å². The molecule has 0 aliphatic heterocycles. The predicted molar refractivity (Wildman–Crippen MR) is 74.4 cm³/mol. The normalized spacial score (nSPS) is 10.4. The summed E-state index contributed by atoms with van der Waals surface area (Å²) in [4.78, 5) is 0. The number of hydrogen-bond acceptors (Lipinski definition) is 4. The van der Waals surface area contributed by atoms with Crippen LogP contribution in [0.3, 0.4) is 0 Å². The number of nitrogen functional groups attached to an aromatic ring is 1. The number of hydrogen-bond donors (Lipinski definition) is 1. The molecule has 5 heteroatoms. The first kappa shape index (κ1) is 13.3. The number of nitrogens with two attached hydrogens (primary N) is 1. The van der Waals surface area contributed by atoms with E-state index in [0.717, 1.165) is 24.5 Å². The van der Waals surface area contributed by atoms with Crippen molar-refractivity contribution < 1.29 is 9.47 Å². The van der Waals surface area contributed by atoms with Gasteiger partial charge in [0.25, 0.3) is 0 Å². The Hall–Kier alpha value is -2.17. The molecule has 0 amide bonds. The van der Waals surface area contributed by atoms with E-state index in [1.165, 1.54) is 0 Å². The predicted octanol–water partition coefficient (Wildman–Crippen LogP) is 2.33. The topological polar surface area (TPSA) is 62.3 Å². The van der Waals surface area contributed by atoms with Gasteiger partial charge in [0.15, 0.2) is 11.5 Å². The van der Waals surface area contributed by atoms with Gasteiger partial charge >= 0.3 is 0 Å². The van der Waals surface area contributed by atoms with Gasteiger partial charge in [0.1, 0.15) is 5.82 Å². The third-order valence-corrected chi connectivity index (χ3v) is 2.60. The summed E-state index contributed by atoms with van der Waals surface area (Å²) in [5.41, 5.74) is 5.55. The number of aromatic nitrogens is 2. The van der Waals surface area contributed by atoms with E-state index in [-0.39, 0.29) is 0 Å². The smallest absolute Gasteiger partial charge is 0.161 e. The van der Waals surface area contributed by atoms with Gasteiger partial charge < -0.3 is 15.2 Å². The molecule has 0 unspecified atom stereocenters. The van der Waals surface area contributed by atoms with Crippen molar-refractivity contribution in [1.29, 1.82) is 0 Å². The fourth-order valence-electron chi connectivity index (χ4n) is 1.75. The number of ether oxygens (including phenoxy) is 2. The number of aryl methyl sites for hydroxylation is 1. The van der Waals surface area contributed by atoms with Crippen LogP contribution < -0.4 is 15.2 Å². The highest BCUT2D eigenvalue weighted by atomic mass is 16.5. The maximum Gasteiger partial charge on any atom is 0.161 e. The molecule has 0 saturated heterocycles. The van der Waals surface area contributed by atoms with E-state index >= 15 is 0 Å². The van der Waals surface area contributed by atoms with Gasteiger partial charge in [0, 0.05) is 19.2 Å². The van der Waals surface area contributed by atoms with Crippen molar-refractivity contribution in [2.45, 2.75) is 19.9 Å². The van der Waals surface area contributed by atoms with Crippen LogP contribution in [-0.2, 0) is 6.54 Å². The zero-order valence-corrected chi connectivity index (χ0v) is 11.1. The Balaban J connectivity index is 1.79. The summed E-state index contributed by atoms with van der Waals surface area (Å²) in [7, 11) is 0. The third-order valence-electron chi connectivity index (χ3n) is 2.60. The molecule has 0 spiro atoms. The van der Waals surface area contributed by atoms with E-state index in [4.69, 9.17) is 15.2 Å². The van der Waals surface area contributed by atoms with E-state index in [1.54, 1.807) is 6.07 Å². The second kappa shape index (κ2) is 6.68. The molecular formula is C14H19N3O2. The molecule has 2 rings (SSSR count). The quantitative estimate of drug-likeness (QED) is 0.777. The molecule has 0 bridgehead atoms. The highest BCUT2D eigenvalue weighted by Crippen LogP contribution is 2.26. The van der Waals surface area contributed by atoms with Gasteiger partial charge in [-0.1, -0.05) is 12.1 Å². The Kier molecular flexibility index (Phi) is 4.66. The van der Waals surface area contributed by atoms with Crippen LogP contribution in [0.2, 0.25) is 0 Å². The van der Waals surface area contributed by atoms with Crippen molar-refractivity contribution in [3.8, 4) is 11.5 Å². The van der Waals surface area contributed by atoms with Crippen LogP contribution in [0.4, 0.5) is 5.82 Å². The lowest BCUT2D eigenvalue weighted by molar-refractivity contribution is 0.267. The number of benzene rings is 1. The maximum atomic E-state index is 5.72. The van der Waals surface area contributed by atoms with E-state index < -0.39 is 0 Å². The summed E-state index contributed by atoms with van der Waals surface area (Å²) in [5, 5.41) is 4.12. The van der Waals surface area contributed by atoms with Gasteiger partial charge in [-0.25, -0.2) is 0 Å². The molecule has 0 fully saturated rings. The van der Waals surface area contributed by atoms with Crippen LogP contribution in [0.1, 0.15) is 13.3 Å². The Bertz CT molecular complexity index is 511. The largest absolute Gasteiger partial charge is 0.490 e. The lowest BCUT2D eigenvalue weighted by Crippen LogP contribution is -2.06. The Morgan fingerprint density at radius 1 is 1.16 bits per heavy atom. The minimum Gasteiger partial charge on any atom is -0.490 e. The second-order valence-corrected chi connectivity index (χ2v) is 4.09. The Morgan fingerprint density at radius 2 is 1.89 bits per heavy atom. The number of anilines is 1. The molecule has 19 heavy (non-hydrogen) atoms. The van der Waals surface area contributed by atoms with Crippen LogP contribution in [0.25, 0.3) is 0 Å². The van der Waals surface area contributed by atoms with E-state index in [0.29, 0.717) is 19.0 Å². The monoisotopic (exact) mass is 261 g/mol. The van der Waals surface area contributed by atoms with Crippen molar-refractivity contribution in [3.63, 3.8) is 0 Å². The van der Waals surface area contributed by atoms with Crippen molar-refractivity contribution in [1.82, 2.24) is 9.78 Å². The molecular weight excluding hydrogens is 242 g/mol. The summed E-state index contributed by atoms with van der Waals surface area (Å²) < 4.78 is 13.0. The molecule has 0 aliphatic carbocycles. The first-order chi connectivity index (χ1) is 9.29. The summed E-state index contributed by atoms with van der Waals surface area (Å²) in [5.74, 6) is 2.11. The second-order valence-electron chi connectivity index (χ2n) is 4.09. The molecule has 2 N–H and O–H groups in total. The average molecular weight is 261 g/mol. The van der Waals surface area contributed by atoms with Gasteiger partial charge in [-0.3, -0.25) is 4.68 Å². The standard InChI is InChI=1S/C14H19N3O2/c1-2-18-12-6-3-4-7-13(12)19-11-5-9-17-10-8-14(15)16-17/h3-4,6-8,10H,2,5,9,11H2,1H3,(H2,15,16). The highest BCUT2D eigenvalue weighted by Gasteiger charge is 2.03. The lowest BCUT2D eigenvalue weighted by atomic mass is 10.3. The van der Waals surface area contributed by atoms with Gasteiger partial charge in [-0.2, -0.15) is 5.10 Å². The van der Waals surface area contributed by atoms with Gasteiger partial charge in [-0.15, -0.1) is 0 Å². The fourth-order valence-corrected chi connectivity index (χ4v) is 1.75. The maximum absolute atomic E-state index is 5.72. The van der Waals surface area contributed by atoms with Crippen molar-refractivity contribution in [2.24, 2.45) is 0 Å². The summed E-state index contributed by atoms with van der Waals surface area (Å²) >= 11 is 0. The number of para-hydroxylation sites is 2. The first-order valence-corrected chi connectivity index (χ1v) is 6.43. The molecule has 1 aromatic heterocycles. The number of nitrogens with zero attached hydrogens (tertiary/aromatic N) is 2. The average Bonchev–Trinajstić information content (AvgIpc) is 2.83. The molecule has 102 valence electrons. The van der Waals surface area contributed by atoms with E-state index in [2.05, 4.69) is 5.10 Å². The summed E-state index contributed by atoms with van der Waals surface area (Å²) in [6.07, 6.45) is 2.73. The Labute approximate surface area is 112 Å². The SMILES string of the molecule is CCOc1ccccc1OCCCn1ccc(N)n1. The van der Waals surface area contributed by atoms with Crippen LogP contribution in [-0.4, -0.2) is 23.0 Å². The summed E-state index contributed by atoms with van der Waals surface area (Å²) in [6, 6.07) is 9.48. The molecule has 1 aromatic carbocycles. The van der Waals surface area contributed by atoms with Crippen LogP contribution in [0, 0.1) is 0 Å². The van der Waals surface area contributed by atoms with E-state index in [1.807, 2.05) is 42.1 Å². The molecule has 0 radical (unpaired) electrons. The Morgan fingerprint density at radius 3 is 2.53 bits per heavy atom. The van der Waals surface area contributed by atoms with Crippen LogP contribution in [0.5, 0.6) is 11.5 Å². The molecule has 5 nitrogen and oxygen atoms in total. The number of rotatable bonds is 7. The summed E-state index contributed by atoms with van der Waals surface area (Å²) in [6.45, 7) is 3.99. The van der Waals surface area contributed by atoms with Gasteiger partial charge in [0.05, 0.1) is 13.2 Å². The zero-order chi connectivity index (χ0) is 13.5. The molecule has 2 aromatic rings. The first-order valence-electron chi connectivity index (χ1n) is 6.43. The molecule has 0 aliphatic rings. The van der Waals surface area contributed by atoms with Crippen LogP contribution >= 0.6 is 0 Å². The third kappa shape index (κ3) is 3.91. The zero-order valence-electron chi connectivity index (χ0n) is 11.1. The lowest BCUT2D eigenvalue weighted by Gasteiger charge is -2.11. The fraction of sp³-hybridized carbons (Fsp3) is 0.357. The van der Waals surface area contributed by atoms with Crippen molar-refractivity contribution >= 4 is 5.82 Å². The van der Waals surface area contributed by atoms with Gasteiger partial charge in [0.2, 0.25) is 0 Å². The molecule has 1 heterocycles. The minimum absolute atomic E-state index is 0.544. The van der Waals surface area contributed by atoms with Gasteiger partial charge in [-0.05, 0) is 25.1 Å². The van der Waals surface area contributed by atoms with Crippen LogP contribution in [0.15, 0.2) is 36.5 Å². The minimum atomic E-state index is 0.544. The molecule has 0 atom stereocenters.